The van der Waals surface area contributed by atoms with Crippen molar-refractivity contribution in [2.45, 2.75) is 18.6 Å². The van der Waals surface area contributed by atoms with E-state index >= 15 is 0 Å². The van der Waals surface area contributed by atoms with Crippen LogP contribution in [0.5, 0.6) is 0 Å². The Balaban J connectivity index is 1.81. The number of fused-ring (bicyclic) bond motifs is 1. The highest BCUT2D eigenvalue weighted by atomic mass is 32.2. The maximum Gasteiger partial charge on any atom is 0.177 e. The molecule has 0 atom stereocenters. The molecule has 0 fully saturated rings. The van der Waals surface area contributed by atoms with Crippen LogP contribution < -0.4 is 0 Å². The molecule has 98 valence electrons. The number of thiophene rings is 1. The van der Waals surface area contributed by atoms with Crippen molar-refractivity contribution in [3.63, 3.8) is 0 Å². The fraction of sp³-hybridized carbons (Fsp3) is 0.267. The third kappa shape index (κ3) is 2.74. The van der Waals surface area contributed by atoms with E-state index in [0.29, 0.717) is 5.56 Å². The average Bonchev–Trinajstić information content (AvgIpc) is 2.85. The molecule has 0 saturated carbocycles. The molecule has 0 N–H and O–H groups in total. The Morgan fingerprint density at radius 3 is 2.95 bits per heavy atom. The van der Waals surface area contributed by atoms with Crippen LogP contribution in [0.2, 0.25) is 0 Å². The van der Waals surface area contributed by atoms with Gasteiger partial charge >= 0.3 is 0 Å². The Kier molecular flexibility index (Phi) is 3.71. The lowest BCUT2D eigenvalue weighted by Crippen LogP contribution is -2.03. The molecular weight excluding hydrogens is 279 g/mol. The van der Waals surface area contributed by atoms with Gasteiger partial charge in [0.2, 0.25) is 0 Å². The molecule has 2 aromatic rings. The van der Waals surface area contributed by atoms with Crippen LogP contribution in [0.4, 0.5) is 4.39 Å². The van der Waals surface area contributed by atoms with Crippen molar-refractivity contribution in [1.29, 1.82) is 0 Å². The number of Topliss-reactive ketones (excluding diaryl/α,β-unsaturated/α-hetero) is 1. The summed E-state index contributed by atoms with van der Waals surface area (Å²) >= 11 is 3.49. The number of carbonyl (C=O) groups is 1. The zero-order valence-electron chi connectivity index (χ0n) is 10.3. The molecule has 0 saturated heterocycles. The van der Waals surface area contributed by atoms with Gasteiger partial charge in [0.05, 0.1) is 4.88 Å². The number of thioether (sulfide) groups is 1. The van der Waals surface area contributed by atoms with Crippen LogP contribution >= 0.6 is 23.1 Å². The number of benzene rings is 1. The molecule has 0 radical (unpaired) electrons. The van der Waals surface area contributed by atoms with Crippen molar-refractivity contribution >= 4 is 28.9 Å². The van der Waals surface area contributed by atoms with Gasteiger partial charge in [0.15, 0.2) is 5.78 Å². The van der Waals surface area contributed by atoms with Gasteiger partial charge in [-0.1, -0.05) is 18.2 Å². The van der Waals surface area contributed by atoms with Gasteiger partial charge < -0.3 is 0 Å². The molecule has 1 aliphatic rings. The van der Waals surface area contributed by atoms with E-state index in [0.717, 1.165) is 22.8 Å². The number of halogens is 1. The van der Waals surface area contributed by atoms with Crippen molar-refractivity contribution in [1.82, 2.24) is 0 Å². The molecule has 1 aliphatic heterocycles. The van der Waals surface area contributed by atoms with E-state index in [1.165, 1.54) is 16.5 Å². The Morgan fingerprint density at radius 2 is 2.16 bits per heavy atom. The summed E-state index contributed by atoms with van der Waals surface area (Å²) in [6, 6.07) is 8.48. The molecule has 3 rings (SSSR count). The summed E-state index contributed by atoms with van der Waals surface area (Å²) in [6.07, 6.45) is 1.21. The van der Waals surface area contributed by atoms with Gasteiger partial charge in [-0.2, -0.15) is 11.8 Å². The fourth-order valence-corrected chi connectivity index (χ4v) is 4.50. The van der Waals surface area contributed by atoms with Gasteiger partial charge in [0, 0.05) is 17.1 Å². The minimum Gasteiger partial charge on any atom is -0.293 e. The second kappa shape index (κ2) is 5.47. The van der Waals surface area contributed by atoms with Gasteiger partial charge in [0.25, 0.3) is 0 Å². The largest absolute Gasteiger partial charge is 0.293 e. The first-order valence-electron chi connectivity index (χ1n) is 6.20. The molecule has 0 unspecified atom stereocenters. The summed E-state index contributed by atoms with van der Waals surface area (Å²) in [5.74, 6) is 1.86. The molecule has 1 aromatic carbocycles. The first-order valence-corrected chi connectivity index (χ1v) is 8.17. The molecule has 0 aliphatic carbocycles. The van der Waals surface area contributed by atoms with Gasteiger partial charge in [-0.15, -0.1) is 11.3 Å². The first kappa shape index (κ1) is 12.9. The van der Waals surface area contributed by atoms with E-state index < -0.39 is 0 Å². The van der Waals surface area contributed by atoms with Crippen molar-refractivity contribution in [3.8, 4) is 0 Å². The number of rotatable bonds is 3. The fourth-order valence-electron chi connectivity index (χ4n) is 2.19. The number of hydrogen-bond acceptors (Lipinski definition) is 3. The zero-order valence-corrected chi connectivity index (χ0v) is 12.0. The lowest BCUT2D eigenvalue weighted by atomic mass is 10.1. The highest BCUT2D eigenvalue weighted by Crippen LogP contribution is 2.32. The second-order valence-electron chi connectivity index (χ2n) is 4.55. The van der Waals surface area contributed by atoms with Crippen LogP contribution in [0.15, 0.2) is 30.3 Å². The Morgan fingerprint density at radius 1 is 1.32 bits per heavy atom. The summed E-state index contributed by atoms with van der Waals surface area (Å²) in [5.41, 5.74) is 1.77. The maximum atomic E-state index is 13.5. The van der Waals surface area contributed by atoms with E-state index in [9.17, 15) is 9.18 Å². The van der Waals surface area contributed by atoms with E-state index in [-0.39, 0.29) is 18.0 Å². The van der Waals surface area contributed by atoms with Crippen LogP contribution in [-0.2, 0) is 18.6 Å². The maximum absolute atomic E-state index is 13.5. The van der Waals surface area contributed by atoms with Crippen LogP contribution in [0.3, 0.4) is 0 Å². The molecule has 1 nitrogen and oxygen atoms in total. The number of carbonyl (C=O) groups excluding carboxylic acids is 1. The van der Waals surface area contributed by atoms with Gasteiger partial charge in [0.1, 0.15) is 5.82 Å². The molecule has 2 heterocycles. The predicted molar refractivity (Wildman–Crippen MR) is 78.6 cm³/mol. The minimum atomic E-state index is -0.298. The van der Waals surface area contributed by atoms with Crippen molar-refractivity contribution in [2.24, 2.45) is 0 Å². The van der Waals surface area contributed by atoms with Crippen LogP contribution in [0, 0.1) is 5.82 Å². The van der Waals surface area contributed by atoms with Crippen LogP contribution in [0.1, 0.15) is 25.7 Å². The Labute approximate surface area is 119 Å². The average molecular weight is 292 g/mol. The summed E-state index contributed by atoms with van der Waals surface area (Å²) in [5, 5.41) is 0. The van der Waals surface area contributed by atoms with Crippen LogP contribution in [-0.4, -0.2) is 11.5 Å². The number of hydrogen-bond donors (Lipinski definition) is 0. The van der Waals surface area contributed by atoms with Crippen molar-refractivity contribution in [3.05, 3.63) is 57.0 Å². The van der Waals surface area contributed by atoms with E-state index in [2.05, 4.69) is 0 Å². The minimum absolute atomic E-state index is 0.0227. The van der Waals surface area contributed by atoms with Gasteiger partial charge in [-0.25, -0.2) is 4.39 Å². The smallest absolute Gasteiger partial charge is 0.177 e. The molecule has 0 bridgehead atoms. The topological polar surface area (TPSA) is 17.1 Å². The quantitative estimate of drug-likeness (QED) is 0.792. The zero-order chi connectivity index (χ0) is 13.2. The van der Waals surface area contributed by atoms with Crippen molar-refractivity contribution in [2.75, 3.05) is 5.75 Å². The number of aryl methyl sites for hydroxylation is 1. The van der Waals surface area contributed by atoms with E-state index in [1.54, 1.807) is 29.5 Å². The standard InChI is InChI=1S/C15H13FOS2/c16-12-4-2-1-3-10(12)7-13(17)15-8-11-9-18-6-5-14(11)19-15/h1-4,8H,5-7,9H2. The lowest BCUT2D eigenvalue weighted by Gasteiger charge is -2.08. The molecule has 4 heteroatoms. The Bertz CT molecular complexity index is 595. The molecule has 1 aromatic heterocycles. The first-order chi connectivity index (χ1) is 9.24. The lowest BCUT2D eigenvalue weighted by molar-refractivity contribution is 0.0995. The van der Waals surface area contributed by atoms with E-state index in [4.69, 9.17) is 0 Å². The summed E-state index contributed by atoms with van der Waals surface area (Å²) in [4.78, 5) is 14.3. The van der Waals surface area contributed by atoms with Crippen molar-refractivity contribution < 1.29 is 9.18 Å². The monoisotopic (exact) mass is 292 g/mol. The molecule has 19 heavy (non-hydrogen) atoms. The third-order valence-corrected chi connectivity index (χ3v) is 5.50. The SMILES string of the molecule is O=C(Cc1ccccc1F)c1cc2c(s1)CCSC2. The summed E-state index contributed by atoms with van der Waals surface area (Å²) in [6.45, 7) is 0. The van der Waals surface area contributed by atoms with Gasteiger partial charge in [-0.3, -0.25) is 4.79 Å². The van der Waals surface area contributed by atoms with Gasteiger partial charge in [-0.05, 0) is 35.4 Å². The Hall–Kier alpha value is -1.13. The highest BCUT2D eigenvalue weighted by Gasteiger charge is 2.18. The number of ketones is 1. The normalized spacial score (nSPS) is 14.2. The summed E-state index contributed by atoms with van der Waals surface area (Å²) < 4.78 is 13.5. The second-order valence-corrected chi connectivity index (χ2v) is 6.79. The van der Waals surface area contributed by atoms with Crippen LogP contribution in [0.25, 0.3) is 0 Å². The molecular formula is C15H13FOS2. The predicted octanol–water partition coefficient (Wildman–Crippen LogP) is 4.10. The summed E-state index contributed by atoms with van der Waals surface area (Å²) in [7, 11) is 0. The molecule has 0 amide bonds. The molecule has 0 spiro atoms. The highest BCUT2D eigenvalue weighted by molar-refractivity contribution is 7.98. The van der Waals surface area contributed by atoms with E-state index in [1.807, 2.05) is 17.8 Å². The third-order valence-electron chi connectivity index (χ3n) is 3.21.